The molecule has 2 aliphatic carbocycles. The Bertz CT molecular complexity index is 1160. The van der Waals surface area contributed by atoms with Crippen LogP contribution in [0, 0.1) is 5.92 Å². The van der Waals surface area contributed by atoms with Crippen molar-refractivity contribution in [3.05, 3.63) is 107 Å². The lowest BCUT2D eigenvalue weighted by Crippen LogP contribution is -2.06. The van der Waals surface area contributed by atoms with Gasteiger partial charge in [0.15, 0.2) is 0 Å². The molecule has 2 aliphatic rings. The third-order valence-corrected chi connectivity index (χ3v) is 6.96. The van der Waals surface area contributed by atoms with Crippen molar-refractivity contribution in [2.75, 3.05) is 0 Å². The maximum absolute atomic E-state index is 5.87. The monoisotopic (exact) mass is 392 g/mol. The van der Waals surface area contributed by atoms with Crippen molar-refractivity contribution in [2.45, 2.75) is 39.5 Å². The van der Waals surface area contributed by atoms with Gasteiger partial charge in [0, 0.05) is 17.4 Å². The second kappa shape index (κ2) is 7.65. The van der Waals surface area contributed by atoms with E-state index >= 15 is 0 Å². The van der Waals surface area contributed by atoms with Crippen LogP contribution in [0.5, 0.6) is 0 Å². The molecule has 1 heteroatoms. The zero-order valence-corrected chi connectivity index (χ0v) is 18.0. The summed E-state index contributed by atoms with van der Waals surface area (Å²) >= 11 is 0. The predicted octanol–water partition coefficient (Wildman–Crippen LogP) is 8.28. The summed E-state index contributed by atoms with van der Waals surface area (Å²) in [6.07, 6.45) is 8.81. The van der Waals surface area contributed by atoms with E-state index in [1.165, 1.54) is 51.0 Å². The highest BCUT2D eigenvalue weighted by Gasteiger charge is 2.31. The topological polar surface area (TPSA) is 13.1 Å². The van der Waals surface area contributed by atoms with Crippen LogP contribution in [0.25, 0.3) is 22.8 Å². The SMILES string of the molecule is CC1=CC(C)=C(C)C1CCC1C(c2ccco2)=Cc2c(-c3ccccc3)cccc21. The molecule has 1 nitrogen and oxygen atoms in total. The summed E-state index contributed by atoms with van der Waals surface area (Å²) < 4.78 is 5.87. The fraction of sp³-hybridized carbons (Fsp3) is 0.241. The van der Waals surface area contributed by atoms with E-state index in [9.17, 15) is 0 Å². The molecule has 2 aromatic carbocycles. The Morgan fingerprint density at radius 2 is 1.57 bits per heavy atom. The molecule has 0 N–H and O–H groups in total. The number of allylic oxidation sites excluding steroid dienone is 5. The van der Waals surface area contributed by atoms with E-state index in [1.807, 2.05) is 6.07 Å². The molecule has 0 aliphatic heterocycles. The summed E-state index contributed by atoms with van der Waals surface area (Å²) in [5.41, 5.74) is 11.2. The number of fused-ring (bicyclic) bond motifs is 1. The predicted molar refractivity (Wildman–Crippen MR) is 126 cm³/mol. The fourth-order valence-electron chi connectivity index (χ4n) is 5.29. The largest absolute Gasteiger partial charge is 0.465 e. The van der Waals surface area contributed by atoms with Gasteiger partial charge in [-0.25, -0.2) is 0 Å². The molecule has 0 amide bonds. The quantitative estimate of drug-likeness (QED) is 0.426. The summed E-state index contributed by atoms with van der Waals surface area (Å²) in [5.74, 6) is 1.94. The van der Waals surface area contributed by atoms with Gasteiger partial charge in [-0.1, -0.05) is 71.3 Å². The van der Waals surface area contributed by atoms with E-state index < -0.39 is 0 Å². The van der Waals surface area contributed by atoms with Crippen LogP contribution in [0.4, 0.5) is 0 Å². The third kappa shape index (κ3) is 3.19. The van der Waals surface area contributed by atoms with Gasteiger partial charge in [0.2, 0.25) is 0 Å². The third-order valence-electron chi connectivity index (χ3n) is 6.96. The molecule has 0 radical (unpaired) electrons. The van der Waals surface area contributed by atoms with Gasteiger partial charge in [-0.05, 0) is 74.1 Å². The Kier molecular flexibility index (Phi) is 4.83. The van der Waals surface area contributed by atoms with E-state index in [1.54, 1.807) is 6.26 Å². The maximum atomic E-state index is 5.87. The van der Waals surface area contributed by atoms with Gasteiger partial charge in [0.1, 0.15) is 5.76 Å². The molecule has 1 heterocycles. The zero-order valence-electron chi connectivity index (χ0n) is 18.0. The normalized spacial score (nSPS) is 20.4. The van der Waals surface area contributed by atoms with Crippen LogP contribution in [-0.2, 0) is 0 Å². The van der Waals surface area contributed by atoms with E-state index in [0.29, 0.717) is 11.8 Å². The van der Waals surface area contributed by atoms with Crippen molar-refractivity contribution in [1.82, 2.24) is 0 Å². The summed E-state index contributed by atoms with van der Waals surface area (Å²) in [6, 6.07) is 21.6. The Morgan fingerprint density at radius 1 is 0.767 bits per heavy atom. The van der Waals surface area contributed by atoms with Crippen molar-refractivity contribution in [1.29, 1.82) is 0 Å². The number of rotatable bonds is 5. The first-order chi connectivity index (χ1) is 14.6. The minimum absolute atomic E-state index is 0.372. The zero-order chi connectivity index (χ0) is 20.7. The minimum atomic E-state index is 0.372. The van der Waals surface area contributed by atoms with E-state index in [0.717, 1.165) is 12.2 Å². The molecule has 1 aromatic heterocycles. The minimum Gasteiger partial charge on any atom is -0.465 e. The summed E-state index contributed by atoms with van der Waals surface area (Å²) in [4.78, 5) is 0. The second-order valence-corrected chi connectivity index (χ2v) is 8.69. The highest BCUT2D eigenvalue weighted by atomic mass is 16.3. The average Bonchev–Trinajstić information content (AvgIpc) is 3.47. The molecule has 0 bridgehead atoms. The molecule has 0 fully saturated rings. The maximum Gasteiger partial charge on any atom is 0.130 e. The number of hydrogen-bond donors (Lipinski definition) is 0. The van der Waals surface area contributed by atoms with Crippen LogP contribution in [0.3, 0.4) is 0 Å². The van der Waals surface area contributed by atoms with Crippen LogP contribution in [0.2, 0.25) is 0 Å². The molecular formula is C29H28O. The lowest BCUT2D eigenvalue weighted by Gasteiger charge is -2.21. The van der Waals surface area contributed by atoms with Gasteiger partial charge in [0.25, 0.3) is 0 Å². The number of furan rings is 1. The smallest absolute Gasteiger partial charge is 0.130 e. The van der Waals surface area contributed by atoms with E-state index in [-0.39, 0.29) is 0 Å². The lowest BCUT2D eigenvalue weighted by molar-refractivity contribution is 0.537. The molecular weight excluding hydrogens is 364 g/mol. The Balaban J connectivity index is 1.53. The van der Waals surface area contributed by atoms with Crippen molar-refractivity contribution >= 4 is 11.6 Å². The van der Waals surface area contributed by atoms with Gasteiger partial charge < -0.3 is 4.42 Å². The van der Waals surface area contributed by atoms with Crippen LogP contribution in [-0.4, -0.2) is 0 Å². The molecule has 2 unspecified atom stereocenters. The number of benzene rings is 2. The molecule has 0 saturated heterocycles. The standard InChI is InChI=1S/C29H28O/c1-19-17-20(2)23(21(19)3)14-15-26-25-12-7-11-24(22-9-5-4-6-10-22)27(25)18-28(26)29-13-8-16-30-29/h4-13,16-18,23,26H,14-15H2,1-3H3. The highest BCUT2D eigenvalue weighted by molar-refractivity contribution is 5.95. The average molecular weight is 393 g/mol. The molecule has 0 saturated carbocycles. The first-order valence-electron chi connectivity index (χ1n) is 10.9. The van der Waals surface area contributed by atoms with Gasteiger partial charge in [0.05, 0.1) is 6.26 Å². The van der Waals surface area contributed by atoms with Gasteiger partial charge >= 0.3 is 0 Å². The van der Waals surface area contributed by atoms with Gasteiger partial charge in [-0.2, -0.15) is 0 Å². The summed E-state index contributed by atoms with van der Waals surface area (Å²) in [5, 5.41) is 0. The van der Waals surface area contributed by atoms with Gasteiger partial charge in [-0.15, -0.1) is 0 Å². The van der Waals surface area contributed by atoms with E-state index in [4.69, 9.17) is 4.42 Å². The summed E-state index contributed by atoms with van der Waals surface area (Å²) in [7, 11) is 0. The first-order valence-corrected chi connectivity index (χ1v) is 10.9. The number of hydrogen-bond acceptors (Lipinski definition) is 1. The Morgan fingerprint density at radius 3 is 2.27 bits per heavy atom. The van der Waals surface area contributed by atoms with Crippen LogP contribution in [0.15, 0.2) is 94.1 Å². The highest BCUT2D eigenvalue weighted by Crippen LogP contribution is 2.49. The molecule has 5 rings (SSSR count). The molecule has 150 valence electrons. The Hall–Kier alpha value is -3.06. The van der Waals surface area contributed by atoms with Crippen molar-refractivity contribution < 1.29 is 4.42 Å². The fourth-order valence-corrected chi connectivity index (χ4v) is 5.29. The van der Waals surface area contributed by atoms with Crippen molar-refractivity contribution in [3.8, 4) is 11.1 Å². The van der Waals surface area contributed by atoms with Crippen LogP contribution >= 0.6 is 0 Å². The molecule has 30 heavy (non-hydrogen) atoms. The molecule has 2 atom stereocenters. The first kappa shape index (κ1) is 18.9. The lowest BCUT2D eigenvalue weighted by atomic mass is 9.83. The van der Waals surface area contributed by atoms with Gasteiger partial charge in [-0.3, -0.25) is 0 Å². The second-order valence-electron chi connectivity index (χ2n) is 8.69. The van der Waals surface area contributed by atoms with Crippen molar-refractivity contribution in [2.24, 2.45) is 5.92 Å². The Labute approximate surface area is 179 Å². The van der Waals surface area contributed by atoms with Crippen molar-refractivity contribution in [3.63, 3.8) is 0 Å². The van der Waals surface area contributed by atoms with Crippen LogP contribution in [0.1, 0.15) is 56.4 Å². The molecule has 0 spiro atoms. The summed E-state index contributed by atoms with van der Waals surface area (Å²) in [6.45, 7) is 6.82. The van der Waals surface area contributed by atoms with E-state index in [2.05, 4.69) is 87.5 Å². The van der Waals surface area contributed by atoms with Crippen LogP contribution < -0.4 is 0 Å². The molecule has 3 aromatic rings.